The lowest BCUT2D eigenvalue weighted by Gasteiger charge is -2.19. The second-order valence-electron chi connectivity index (χ2n) is 5.97. The Hall–Kier alpha value is -1.53. The molecule has 0 atom stereocenters. The van der Waals surface area contributed by atoms with Crippen LogP contribution in [0.3, 0.4) is 0 Å². The molecule has 0 spiro atoms. The highest BCUT2D eigenvalue weighted by Gasteiger charge is 2.24. The fourth-order valence-electron chi connectivity index (χ4n) is 2.35. The van der Waals surface area contributed by atoms with Gasteiger partial charge in [-0.1, -0.05) is 44.4 Å². The SMILES string of the molecule is CC[Si](C#CC#CCN(C)S(=O)(=O)c1ccc(C)cc1)(CC)CC. The molecular formula is C19H27NO2SSi. The molecule has 0 aromatic heterocycles. The lowest BCUT2D eigenvalue weighted by atomic mass is 10.2. The van der Waals surface area contributed by atoms with Crippen LogP contribution in [0.5, 0.6) is 0 Å². The van der Waals surface area contributed by atoms with Gasteiger partial charge in [0, 0.05) is 7.05 Å². The van der Waals surface area contributed by atoms with E-state index in [1.54, 1.807) is 31.3 Å². The van der Waals surface area contributed by atoms with Crippen LogP contribution < -0.4 is 0 Å². The van der Waals surface area contributed by atoms with E-state index < -0.39 is 18.1 Å². The van der Waals surface area contributed by atoms with Crippen molar-refractivity contribution in [3.05, 3.63) is 29.8 Å². The Labute approximate surface area is 148 Å². The molecule has 0 N–H and O–H groups in total. The van der Waals surface area contributed by atoms with Crippen molar-refractivity contribution in [2.45, 2.75) is 50.7 Å². The molecule has 0 heterocycles. The summed E-state index contributed by atoms with van der Waals surface area (Å²) >= 11 is 0. The zero-order valence-corrected chi connectivity index (χ0v) is 17.1. The maximum Gasteiger partial charge on any atom is 0.243 e. The molecule has 1 aromatic rings. The Morgan fingerprint density at radius 2 is 1.54 bits per heavy atom. The quantitative estimate of drug-likeness (QED) is 0.573. The van der Waals surface area contributed by atoms with E-state index in [1.807, 2.05) is 6.92 Å². The van der Waals surface area contributed by atoms with E-state index in [0.717, 1.165) is 23.7 Å². The lowest BCUT2D eigenvalue weighted by Crippen LogP contribution is -2.29. The van der Waals surface area contributed by atoms with Crippen LogP contribution in [0.2, 0.25) is 18.1 Å². The van der Waals surface area contributed by atoms with Crippen molar-refractivity contribution in [2.24, 2.45) is 0 Å². The molecule has 0 amide bonds. The van der Waals surface area contributed by atoms with E-state index >= 15 is 0 Å². The van der Waals surface area contributed by atoms with Crippen molar-refractivity contribution >= 4 is 18.1 Å². The summed E-state index contributed by atoms with van der Waals surface area (Å²) in [6.07, 6.45) is 0. The highest BCUT2D eigenvalue weighted by molar-refractivity contribution is 7.89. The first kappa shape index (κ1) is 20.5. The van der Waals surface area contributed by atoms with E-state index in [0.29, 0.717) is 0 Å². The molecule has 0 radical (unpaired) electrons. The summed E-state index contributed by atoms with van der Waals surface area (Å²) in [4.78, 5) is 0.290. The number of sulfonamides is 1. The molecule has 0 saturated carbocycles. The van der Waals surface area contributed by atoms with Crippen molar-refractivity contribution in [2.75, 3.05) is 13.6 Å². The second-order valence-corrected chi connectivity index (χ2v) is 12.9. The Morgan fingerprint density at radius 1 is 1.00 bits per heavy atom. The summed E-state index contributed by atoms with van der Waals surface area (Å²) < 4.78 is 26.1. The second kappa shape index (κ2) is 9.08. The Morgan fingerprint density at radius 3 is 2.04 bits per heavy atom. The molecule has 1 aromatic carbocycles. The number of hydrogen-bond donors (Lipinski definition) is 0. The van der Waals surface area contributed by atoms with Gasteiger partial charge in [0.25, 0.3) is 0 Å². The van der Waals surface area contributed by atoms with E-state index in [1.165, 1.54) is 4.31 Å². The third-order valence-electron chi connectivity index (χ3n) is 4.54. The van der Waals surface area contributed by atoms with Gasteiger partial charge in [0.2, 0.25) is 10.0 Å². The van der Waals surface area contributed by atoms with Gasteiger partial charge in [0.1, 0.15) is 8.07 Å². The first-order valence-corrected chi connectivity index (χ1v) is 12.4. The topological polar surface area (TPSA) is 37.4 Å². The minimum absolute atomic E-state index is 0.143. The van der Waals surface area contributed by atoms with Crippen LogP contribution in [0.25, 0.3) is 0 Å². The Balaban J connectivity index is 2.81. The van der Waals surface area contributed by atoms with Gasteiger partial charge < -0.3 is 0 Å². The highest BCUT2D eigenvalue weighted by Crippen LogP contribution is 2.18. The number of aryl methyl sites for hydroxylation is 1. The monoisotopic (exact) mass is 361 g/mol. The molecule has 0 aliphatic rings. The molecule has 0 unspecified atom stereocenters. The summed E-state index contributed by atoms with van der Waals surface area (Å²) in [7, 11) is -3.44. The predicted molar refractivity (Wildman–Crippen MR) is 104 cm³/mol. The largest absolute Gasteiger partial charge is 0.243 e. The number of benzene rings is 1. The van der Waals surface area contributed by atoms with E-state index in [9.17, 15) is 8.42 Å². The van der Waals surface area contributed by atoms with Gasteiger partial charge >= 0.3 is 0 Å². The fourth-order valence-corrected chi connectivity index (χ4v) is 5.78. The van der Waals surface area contributed by atoms with Crippen LogP contribution in [0.15, 0.2) is 29.2 Å². The molecule has 24 heavy (non-hydrogen) atoms. The molecule has 130 valence electrons. The summed E-state index contributed by atoms with van der Waals surface area (Å²) in [6.45, 7) is 8.66. The summed E-state index contributed by atoms with van der Waals surface area (Å²) in [5.74, 6) is 8.65. The van der Waals surface area contributed by atoms with Gasteiger partial charge in [-0.25, -0.2) is 8.42 Å². The van der Waals surface area contributed by atoms with Crippen molar-refractivity contribution in [3.8, 4) is 23.3 Å². The number of hydrogen-bond acceptors (Lipinski definition) is 2. The minimum atomic E-state index is -3.49. The summed E-state index contributed by atoms with van der Waals surface area (Å²) in [5.41, 5.74) is 4.41. The van der Waals surface area contributed by atoms with Crippen molar-refractivity contribution in [1.82, 2.24) is 4.31 Å². The standard InChI is InChI=1S/C19H27NO2SSi/c1-6-24(7-2,8-3)17-11-9-10-16-20(5)23(21,22)19-14-12-18(4)13-15-19/h12-15H,6-8,16H2,1-5H3. The Bertz CT molecular complexity index is 749. The van der Waals surface area contributed by atoms with Crippen LogP contribution in [-0.4, -0.2) is 34.4 Å². The fraction of sp³-hybridized carbons (Fsp3) is 0.474. The van der Waals surface area contributed by atoms with Crippen LogP contribution in [0, 0.1) is 30.2 Å². The maximum absolute atomic E-state index is 12.4. The van der Waals surface area contributed by atoms with Crippen LogP contribution in [0.1, 0.15) is 26.3 Å². The molecular weight excluding hydrogens is 334 g/mol. The van der Waals surface area contributed by atoms with Crippen LogP contribution in [-0.2, 0) is 10.0 Å². The van der Waals surface area contributed by atoms with Gasteiger partial charge in [0.15, 0.2) is 0 Å². The van der Waals surface area contributed by atoms with E-state index in [-0.39, 0.29) is 11.4 Å². The van der Waals surface area contributed by atoms with Crippen molar-refractivity contribution in [1.29, 1.82) is 0 Å². The molecule has 1 rings (SSSR count). The Kier molecular flexibility index (Phi) is 7.76. The summed E-state index contributed by atoms with van der Waals surface area (Å²) in [5, 5.41) is 0. The molecule has 5 heteroatoms. The van der Waals surface area contributed by atoms with Gasteiger partial charge in [-0.15, -0.1) is 5.54 Å². The first-order chi connectivity index (χ1) is 11.3. The zero-order chi connectivity index (χ0) is 18.2. The third-order valence-corrected chi connectivity index (χ3v) is 11.1. The average Bonchev–Trinajstić information content (AvgIpc) is 2.59. The molecule has 0 saturated heterocycles. The van der Waals surface area contributed by atoms with Crippen molar-refractivity contribution < 1.29 is 8.42 Å². The first-order valence-electron chi connectivity index (χ1n) is 8.34. The smallest absolute Gasteiger partial charge is 0.207 e. The minimum Gasteiger partial charge on any atom is -0.207 e. The van der Waals surface area contributed by atoms with Crippen molar-refractivity contribution in [3.63, 3.8) is 0 Å². The molecule has 0 bridgehead atoms. The van der Waals surface area contributed by atoms with Gasteiger partial charge in [0.05, 0.1) is 11.4 Å². The predicted octanol–water partition coefficient (Wildman–Crippen LogP) is 3.67. The van der Waals surface area contributed by atoms with Gasteiger partial charge in [-0.05, 0) is 49.0 Å². The highest BCUT2D eigenvalue weighted by atomic mass is 32.2. The number of nitrogens with zero attached hydrogens (tertiary/aromatic N) is 1. The van der Waals surface area contributed by atoms with Crippen LogP contribution >= 0.6 is 0 Å². The molecule has 3 nitrogen and oxygen atoms in total. The van der Waals surface area contributed by atoms with E-state index in [2.05, 4.69) is 44.1 Å². The van der Waals surface area contributed by atoms with Gasteiger partial charge in [-0.3, -0.25) is 0 Å². The van der Waals surface area contributed by atoms with E-state index in [4.69, 9.17) is 0 Å². The molecule has 0 aliphatic heterocycles. The average molecular weight is 362 g/mol. The lowest BCUT2D eigenvalue weighted by molar-refractivity contribution is 0.503. The third kappa shape index (κ3) is 5.24. The molecule has 0 aliphatic carbocycles. The normalized spacial score (nSPS) is 11.4. The zero-order valence-electron chi connectivity index (χ0n) is 15.3. The maximum atomic E-state index is 12.4. The molecule has 0 fully saturated rings. The van der Waals surface area contributed by atoms with Crippen LogP contribution in [0.4, 0.5) is 0 Å². The van der Waals surface area contributed by atoms with Gasteiger partial charge in [-0.2, -0.15) is 4.31 Å². The number of rotatable bonds is 6. The summed E-state index contributed by atoms with van der Waals surface area (Å²) in [6, 6.07) is 10.2.